The number of nitrogens with zero attached hydrogens (tertiary/aromatic N) is 6. The third-order valence-corrected chi connectivity index (χ3v) is 5.45. The molecule has 1 N–H and O–H groups in total. The fraction of sp³-hybridized carbons (Fsp3) is 0.455. The van der Waals surface area contributed by atoms with E-state index in [9.17, 15) is 9.59 Å². The molecule has 0 aliphatic carbocycles. The minimum absolute atomic E-state index is 0.0106. The van der Waals surface area contributed by atoms with Crippen LogP contribution in [0.5, 0.6) is 0 Å². The molecule has 2 amide bonds. The van der Waals surface area contributed by atoms with Crippen molar-refractivity contribution in [1.82, 2.24) is 20.2 Å². The van der Waals surface area contributed by atoms with Crippen LogP contribution < -0.4 is 5.32 Å². The highest BCUT2D eigenvalue weighted by Gasteiger charge is 2.28. The fourth-order valence-corrected chi connectivity index (χ4v) is 3.78. The Bertz CT molecular complexity index is 950. The molecule has 0 bridgehead atoms. The van der Waals surface area contributed by atoms with Gasteiger partial charge in [-0.1, -0.05) is 35.4 Å². The van der Waals surface area contributed by atoms with Gasteiger partial charge in [0.15, 0.2) is 0 Å². The molecule has 0 atom stereocenters. The van der Waals surface area contributed by atoms with Crippen LogP contribution in [0.25, 0.3) is 10.4 Å². The second-order valence-corrected chi connectivity index (χ2v) is 7.57. The number of carbonyl (C=O) groups excluding carboxylic acids is 2. The van der Waals surface area contributed by atoms with E-state index in [0.717, 1.165) is 25.0 Å². The molecule has 1 saturated heterocycles. The molecule has 1 aliphatic rings. The first-order valence-electron chi connectivity index (χ1n) is 10.5. The van der Waals surface area contributed by atoms with Crippen molar-refractivity contribution in [3.63, 3.8) is 0 Å². The molecule has 0 radical (unpaired) electrons. The third-order valence-electron chi connectivity index (χ3n) is 5.45. The van der Waals surface area contributed by atoms with Crippen LogP contribution >= 0.6 is 0 Å². The number of hydrogen-bond acceptors (Lipinski definition) is 5. The third kappa shape index (κ3) is 6.26. The first-order valence-corrected chi connectivity index (χ1v) is 10.5. The topological polar surface area (TPSA) is 124 Å². The number of rotatable bonds is 8. The summed E-state index contributed by atoms with van der Waals surface area (Å²) in [7, 11) is 0. The van der Waals surface area contributed by atoms with Crippen molar-refractivity contribution in [3.05, 3.63) is 69.6 Å². The van der Waals surface area contributed by atoms with Gasteiger partial charge in [0.2, 0.25) is 5.91 Å². The van der Waals surface area contributed by atoms with Crippen LogP contribution in [0.4, 0.5) is 0 Å². The number of benzene rings is 1. The summed E-state index contributed by atoms with van der Waals surface area (Å²) < 4.78 is 0. The largest absolute Gasteiger partial charge is 0.352 e. The molecule has 3 rings (SSSR count). The lowest BCUT2D eigenvalue weighted by molar-refractivity contribution is -0.132. The van der Waals surface area contributed by atoms with Gasteiger partial charge in [0.25, 0.3) is 5.91 Å². The first-order chi connectivity index (χ1) is 15.1. The molecule has 2 heterocycles. The zero-order chi connectivity index (χ0) is 22.1. The maximum Gasteiger partial charge on any atom is 0.254 e. The second kappa shape index (κ2) is 11.1. The van der Waals surface area contributed by atoms with Crippen molar-refractivity contribution >= 4 is 11.8 Å². The van der Waals surface area contributed by atoms with Gasteiger partial charge in [-0.05, 0) is 37.3 Å². The summed E-state index contributed by atoms with van der Waals surface area (Å²) in [5.41, 5.74) is 10.8. The maximum atomic E-state index is 12.8. The summed E-state index contributed by atoms with van der Waals surface area (Å²) in [5.74, 6) is 0.545. The van der Waals surface area contributed by atoms with Gasteiger partial charge in [0, 0.05) is 49.6 Å². The molecule has 1 aliphatic heterocycles. The van der Waals surface area contributed by atoms with E-state index in [1.807, 2.05) is 37.3 Å². The Labute approximate surface area is 181 Å². The van der Waals surface area contributed by atoms with Gasteiger partial charge in [0.1, 0.15) is 5.82 Å². The van der Waals surface area contributed by atoms with Crippen molar-refractivity contribution in [2.24, 2.45) is 5.11 Å². The number of aryl methyl sites for hydroxylation is 1. The zero-order valence-electron chi connectivity index (χ0n) is 17.7. The van der Waals surface area contributed by atoms with E-state index in [2.05, 4.69) is 25.3 Å². The molecule has 9 nitrogen and oxygen atoms in total. The summed E-state index contributed by atoms with van der Waals surface area (Å²) in [6.07, 6.45) is 4.04. The van der Waals surface area contributed by atoms with Crippen LogP contribution in [0.1, 0.15) is 52.6 Å². The average Bonchev–Trinajstić information content (AvgIpc) is 2.80. The van der Waals surface area contributed by atoms with E-state index in [1.54, 1.807) is 11.1 Å². The van der Waals surface area contributed by atoms with Crippen LogP contribution in [0.15, 0.2) is 41.6 Å². The van der Waals surface area contributed by atoms with Gasteiger partial charge in [-0.15, -0.1) is 0 Å². The Morgan fingerprint density at radius 1 is 1.26 bits per heavy atom. The fourth-order valence-electron chi connectivity index (χ4n) is 3.78. The van der Waals surface area contributed by atoms with Crippen LogP contribution in [0.3, 0.4) is 0 Å². The number of hydrogen-bond donors (Lipinski definition) is 1. The highest BCUT2D eigenvalue weighted by molar-refractivity contribution is 5.95. The predicted molar refractivity (Wildman–Crippen MR) is 116 cm³/mol. The first kappa shape index (κ1) is 22.2. The minimum atomic E-state index is -0.168. The molecule has 162 valence electrons. The number of aromatic nitrogens is 2. The van der Waals surface area contributed by atoms with E-state index in [4.69, 9.17) is 5.53 Å². The number of nitrogens with one attached hydrogen (secondary N) is 1. The molecule has 31 heavy (non-hydrogen) atoms. The average molecular weight is 422 g/mol. The maximum absolute atomic E-state index is 12.8. The van der Waals surface area contributed by atoms with Gasteiger partial charge >= 0.3 is 0 Å². The monoisotopic (exact) mass is 421 g/mol. The van der Waals surface area contributed by atoms with Crippen molar-refractivity contribution in [1.29, 1.82) is 0 Å². The number of carbonyl (C=O) groups is 2. The molecule has 0 unspecified atom stereocenters. The number of azide groups is 1. The van der Waals surface area contributed by atoms with Crippen LogP contribution in [-0.4, -0.2) is 52.9 Å². The molecule has 1 aromatic carbocycles. The SMILES string of the molecule is Cc1ncc(C(=O)NCCc2ccccc2)c(C2CCN(C(=O)CCN=[N+]=[N-])CC2)n1. The van der Waals surface area contributed by atoms with Gasteiger partial charge in [0.05, 0.1) is 11.3 Å². The Morgan fingerprint density at radius 3 is 2.71 bits per heavy atom. The Kier molecular flexibility index (Phi) is 7.95. The molecule has 0 saturated carbocycles. The van der Waals surface area contributed by atoms with E-state index in [0.29, 0.717) is 31.0 Å². The van der Waals surface area contributed by atoms with Crippen molar-refractivity contribution in [2.75, 3.05) is 26.2 Å². The smallest absolute Gasteiger partial charge is 0.254 e. The standard InChI is InChI=1S/C22H27N7O2/c1-16-25-15-19(22(31)24-11-7-17-5-3-2-4-6-17)21(27-16)18-9-13-29(14-10-18)20(30)8-12-26-28-23/h2-6,15,18H,7-14H2,1H3,(H,24,31). The van der Waals surface area contributed by atoms with Gasteiger partial charge < -0.3 is 10.2 Å². The van der Waals surface area contributed by atoms with Crippen LogP contribution in [0, 0.1) is 6.92 Å². The predicted octanol–water partition coefficient (Wildman–Crippen LogP) is 3.16. The molecule has 1 fully saturated rings. The number of likely N-dealkylation sites (tertiary alicyclic amines) is 1. The minimum Gasteiger partial charge on any atom is -0.352 e. The zero-order valence-corrected chi connectivity index (χ0v) is 17.7. The number of amides is 2. The van der Waals surface area contributed by atoms with Gasteiger partial charge in [-0.25, -0.2) is 9.97 Å². The normalized spacial score (nSPS) is 14.0. The second-order valence-electron chi connectivity index (χ2n) is 7.57. The summed E-state index contributed by atoms with van der Waals surface area (Å²) in [5, 5.41) is 6.40. The van der Waals surface area contributed by atoms with Crippen molar-refractivity contribution in [2.45, 2.75) is 38.5 Å². The van der Waals surface area contributed by atoms with Gasteiger partial charge in [-0.2, -0.15) is 0 Å². The highest BCUT2D eigenvalue weighted by atomic mass is 16.2. The quantitative estimate of drug-likeness (QED) is 0.399. The molecular formula is C22H27N7O2. The van der Waals surface area contributed by atoms with E-state index < -0.39 is 0 Å². The van der Waals surface area contributed by atoms with Gasteiger partial charge in [-0.3, -0.25) is 9.59 Å². The van der Waals surface area contributed by atoms with E-state index in [-0.39, 0.29) is 30.7 Å². The Morgan fingerprint density at radius 2 is 2.00 bits per heavy atom. The van der Waals surface area contributed by atoms with Crippen molar-refractivity contribution < 1.29 is 9.59 Å². The summed E-state index contributed by atoms with van der Waals surface area (Å²) in [4.78, 5) is 38.4. The lowest BCUT2D eigenvalue weighted by atomic mass is 9.90. The van der Waals surface area contributed by atoms with Crippen LogP contribution in [-0.2, 0) is 11.2 Å². The molecule has 2 aromatic rings. The van der Waals surface area contributed by atoms with Crippen LogP contribution in [0.2, 0.25) is 0 Å². The number of piperidine rings is 1. The van der Waals surface area contributed by atoms with E-state index >= 15 is 0 Å². The summed E-state index contributed by atoms with van der Waals surface area (Å²) >= 11 is 0. The highest BCUT2D eigenvalue weighted by Crippen LogP contribution is 2.29. The lowest BCUT2D eigenvalue weighted by Crippen LogP contribution is -2.39. The van der Waals surface area contributed by atoms with E-state index in [1.165, 1.54) is 5.56 Å². The molecular weight excluding hydrogens is 394 g/mol. The Hall–Kier alpha value is -3.45. The molecule has 1 aromatic heterocycles. The molecule has 0 spiro atoms. The summed E-state index contributed by atoms with van der Waals surface area (Å²) in [6.45, 7) is 3.71. The summed E-state index contributed by atoms with van der Waals surface area (Å²) in [6, 6.07) is 10.0. The molecule has 9 heteroatoms. The Balaban J connectivity index is 1.60. The lowest BCUT2D eigenvalue weighted by Gasteiger charge is -2.32. The van der Waals surface area contributed by atoms with Crippen molar-refractivity contribution in [3.8, 4) is 0 Å².